The summed E-state index contributed by atoms with van der Waals surface area (Å²) in [6.07, 6.45) is 3.81. The maximum Gasteiger partial charge on any atom is 0.0644 e. The SMILES string of the molecule is Cc1nn(C)cc1C1(N)CCOCC1. The van der Waals surface area contributed by atoms with Crippen LogP contribution in [0.2, 0.25) is 0 Å². The van der Waals surface area contributed by atoms with E-state index in [1.807, 2.05) is 24.9 Å². The van der Waals surface area contributed by atoms with Crippen molar-refractivity contribution in [3.63, 3.8) is 0 Å². The number of hydrogen-bond acceptors (Lipinski definition) is 3. The van der Waals surface area contributed by atoms with Crippen LogP contribution in [0.5, 0.6) is 0 Å². The highest BCUT2D eigenvalue weighted by Gasteiger charge is 2.32. The molecule has 0 aromatic carbocycles. The van der Waals surface area contributed by atoms with E-state index in [0.29, 0.717) is 0 Å². The minimum absolute atomic E-state index is 0.226. The molecule has 1 aromatic heterocycles. The van der Waals surface area contributed by atoms with Crippen molar-refractivity contribution in [3.8, 4) is 0 Å². The van der Waals surface area contributed by atoms with Gasteiger partial charge in [0.2, 0.25) is 0 Å². The van der Waals surface area contributed by atoms with Gasteiger partial charge in [-0.2, -0.15) is 5.10 Å². The summed E-state index contributed by atoms with van der Waals surface area (Å²) in [5, 5.41) is 4.33. The van der Waals surface area contributed by atoms with Gasteiger partial charge in [-0.15, -0.1) is 0 Å². The van der Waals surface area contributed by atoms with Crippen LogP contribution in [0, 0.1) is 6.92 Å². The van der Waals surface area contributed by atoms with E-state index < -0.39 is 0 Å². The van der Waals surface area contributed by atoms with E-state index in [4.69, 9.17) is 10.5 Å². The van der Waals surface area contributed by atoms with Crippen molar-refractivity contribution in [2.24, 2.45) is 12.8 Å². The summed E-state index contributed by atoms with van der Waals surface area (Å²) < 4.78 is 7.15. The van der Waals surface area contributed by atoms with Crippen LogP contribution < -0.4 is 5.73 Å². The normalized spacial score (nSPS) is 21.1. The summed E-state index contributed by atoms with van der Waals surface area (Å²) >= 11 is 0. The topological polar surface area (TPSA) is 53.1 Å². The van der Waals surface area contributed by atoms with Crippen molar-refractivity contribution in [1.29, 1.82) is 0 Å². The first kappa shape index (κ1) is 9.68. The van der Waals surface area contributed by atoms with E-state index in [9.17, 15) is 0 Å². The van der Waals surface area contributed by atoms with E-state index in [2.05, 4.69) is 5.10 Å². The predicted octanol–water partition coefficient (Wildman–Crippen LogP) is 0.693. The van der Waals surface area contributed by atoms with Gasteiger partial charge in [0.1, 0.15) is 0 Å². The maximum atomic E-state index is 6.36. The lowest BCUT2D eigenvalue weighted by atomic mass is 9.84. The molecule has 0 amide bonds. The number of hydrogen-bond donors (Lipinski definition) is 1. The fraction of sp³-hybridized carbons (Fsp3) is 0.700. The quantitative estimate of drug-likeness (QED) is 0.717. The summed E-state index contributed by atoms with van der Waals surface area (Å²) in [5.74, 6) is 0. The van der Waals surface area contributed by atoms with Crippen molar-refractivity contribution in [1.82, 2.24) is 9.78 Å². The van der Waals surface area contributed by atoms with Gasteiger partial charge in [-0.3, -0.25) is 4.68 Å². The molecular weight excluding hydrogens is 178 g/mol. The van der Waals surface area contributed by atoms with Crippen molar-refractivity contribution in [2.75, 3.05) is 13.2 Å². The molecule has 1 aliphatic heterocycles. The zero-order valence-electron chi connectivity index (χ0n) is 8.79. The average Bonchev–Trinajstić information content (AvgIpc) is 2.47. The molecule has 14 heavy (non-hydrogen) atoms. The van der Waals surface area contributed by atoms with Crippen LogP contribution in [0.3, 0.4) is 0 Å². The van der Waals surface area contributed by atoms with E-state index in [0.717, 1.165) is 31.7 Å². The Kier molecular flexibility index (Phi) is 2.33. The van der Waals surface area contributed by atoms with Crippen LogP contribution in [0.1, 0.15) is 24.1 Å². The van der Waals surface area contributed by atoms with Crippen molar-refractivity contribution >= 4 is 0 Å². The van der Waals surface area contributed by atoms with Crippen molar-refractivity contribution < 1.29 is 4.74 Å². The Morgan fingerprint density at radius 3 is 2.64 bits per heavy atom. The third-order valence-corrected chi connectivity index (χ3v) is 2.93. The largest absolute Gasteiger partial charge is 0.381 e. The van der Waals surface area contributed by atoms with Gasteiger partial charge in [0.25, 0.3) is 0 Å². The summed E-state index contributed by atoms with van der Waals surface area (Å²) in [6.45, 7) is 3.52. The molecule has 1 saturated heterocycles. The molecule has 0 unspecified atom stereocenters. The van der Waals surface area contributed by atoms with Crippen LogP contribution in [0.25, 0.3) is 0 Å². The Bertz CT molecular complexity index is 326. The first-order valence-electron chi connectivity index (χ1n) is 4.99. The molecule has 0 aliphatic carbocycles. The van der Waals surface area contributed by atoms with E-state index >= 15 is 0 Å². The molecule has 1 aliphatic rings. The van der Waals surface area contributed by atoms with Gasteiger partial charge in [0, 0.05) is 37.6 Å². The summed E-state index contributed by atoms with van der Waals surface area (Å²) in [7, 11) is 1.93. The molecule has 0 bridgehead atoms. The fourth-order valence-corrected chi connectivity index (χ4v) is 2.09. The number of nitrogens with zero attached hydrogens (tertiary/aromatic N) is 2. The Labute approximate surface area is 84.0 Å². The van der Waals surface area contributed by atoms with Gasteiger partial charge < -0.3 is 10.5 Å². The molecule has 0 atom stereocenters. The highest BCUT2D eigenvalue weighted by Crippen LogP contribution is 2.30. The minimum atomic E-state index is -0.226. The van der Waals surface area contributed by atoms with Gasteiger partial charge in [-0.25, -0.2) is 0 Å². The van der Waals surface area contributed by atoms with Gasteiger partial charge in [-0.1, -0.05) is 0 Å². The number of aromatic nitrogens is 2. The molecule has 2 heterocycles. The Hall–Kier alpha value is -0.870. The van der Waals surface area contributed by atoms with Crippen LogP contribution >= 0.6 is 0 Å². The number of rotatable bonds is 1. The summed E-state index contributed by atoms with van der Waals surface area (Å²) in [6, 6.07) is 0. The van der Waals surface area contributed by atoms with Crippen LogP contribution in [0.15, 0.2) is 6.20 Å². The molecule has 1 fully saturated rings. The Balaban J connectivity index is 2.32. The first-order valence-corrected chi connectivity index (χ1v) is 4.99. The lowest BCUT2D eigenvalue weighted by Crippen LogP contribution is -2.42. The van der Waals surface area contributed by atoms with Crippen LogP contribution in [-0.4, -0.2) is 23.0 Å². The molecule has 0 spiro atoms. The van der Waals surface area contributed by atoms with Gasteiger partial charge in [-0.05, 0) is 19.8 Å². The maximum absolute atomic E-state index is 6.36. The number of aryl methyl sites for hydroxylation is 2. The second-order valence-corrected chi connectivity index (χ2v) is 4.07. The van der Waals surface area contributed by atoms with E-state index in [1.165, 1.54) is 5.56 Å². The van der Waals surface area contributed by atoms with Crippen LogP contribution in [0.4, 0.5) is 0 Å². The third-order valence-electron chi connectivity index (χ3n) is 2.93. The van der Waals surface area contributed by atoms with E-state index in [1.54, 1.807) is 0 Å². The minimum Gasteiger partial charge on any atom is -0.381 e. The van der Waals surface area contributed by atoms with Crippen molar-refractivity contribution in [3.05, 3.63) is 17.5 Å². The number of nitrogens with two attached hydrogens (primary N) is 1. The second kappa shape index (κ2) is 3.37. The molecular formula is C10H17N3O. The molecule has 2 N–H and O–H groups in total. The monoisotopic (exact) mass is 195 g/mol. The van der Waals surface area contributed by atoms with Gasteiger partial charge >= 0.3 is 0 Å². The van der Waals surface area contributed by atoms with Gasteiger partial charge in [0.05, 0.1) is 5.69 Å². The lowest BCUT2D eigenvalue weighted by Gasteiger charge is -2.33. The summed E-state index contributed by atoms with van der Waals surface area (Å²) in [5.41, 5.74) is 8.34. The van der Waals surface area contributed by atoms with Crippen LogP contribution in [-0.2, 0) is 17.3 Å². The Morgan fingerprint density at radius 2 is 2.14 bits per heavy atom. The zero-order chi connectivity index (χ0) is 10.2. The van der Waals surface area contributed by atoms with E-state index in [-0.39, 0.29) is 5.54 Å². The average molecular weight is 195 g/mol. The molecule has 1 aromatic rings. The predicted molar refractivity (Wildman–Crippen MR) is 53.9 cm³/mol. The second-order valence-electron chi connectivity index (χ2n) is 4.07. The number of ether oxygens (including phenoxy) is 1. The molecule has 0 saturated carbocycles. The third kappa shape index (κ3) is 1.55. The first-order chi connectivity index (χ1) is 6.62. The molecule has 0 radical (unpaired) electrons. The van der Waals surface area contributed by atoms with Crippen molar-refractivity contribution in [2.45, 2.75) is 25.3 Å². The standard InChI is InChI=1S/C10H17N3O/c1-8-9(7-13(2)12-8)10(11)3-5-14-6-4-10/h7H,3-6,11H2,1-2H3. The highest BCUT2D eigenvalue weighted by molar-refractivity contribution is 5.25. The summed E-state index contributed by atoms with van der Waals surface area (Å²) in [4.78, 5) is 0. The lowest BCUT2D eigenvalue weighted by molar-refractivity contribution is 0.0520. The highest BCUT2D eigenvalue weighted by atomic mass is 16.5. The fourth-order valence-electron chi connectivity index (χ4n) is 2.09. The molecule has 4 nitrogen and oxygen atoms in total. The molecule has 2 rings (SSSR count). The smallest absolute Gasteiger partial charge is 0.0644 e. The van der Waals surface area contributed by atoms with Gasteiger partial charge in [0.15, 0.2) is 0 Å². The zero-order valence-corrected chi connectivity index (χ0v) is 8.79. The molecule has 4 heteroatoms. The molecule has 78 valence electrons. The Morgan fingerprint density at radius 1 is 1.50 bits per heavy atom.